The largest absolute Gasteiger partial charge is 0.355 e. The normalized spacial score (nSPS) is 13.5. The molecule has 0 aliphatic heterocycles. The number of hydrogen-bond acceptors (Lipinski definition) is 2. The zero-order valence-corrected chi connectivity index (χ0v) is 10.7. The minimum atomic E-state index is -0.403. The molecule has 3 aromatic carbocycles. The summed E-state index contributed by atoms with van der Waals surface area (Å²) in [5.74, 6) is 0. The first-order chi connectivity index (χ1) is 12.0. The van der Waals surface area contributed by atoms with Gasteiger partial charge in [0.2, 0.25) is 0 Å². The maximum atomic E-state index is 7.97. The second-order valence-corrected chi connectivity index (χ2v) is 4.20. The lowest BCUT2D eigenvalue weighted by Gasteiger charge is -2.10. The number of rotatable bonds is 4. The zero-order chi connectivity index (χ0) is 18.0. The fourth-order valence-corrected chi connectivity index (χ4v) is 1.82. The molecule has 2 N–H and O–H groups in total. The first-order valence-corrected chi connectivity index (χ1v) is 6.23. The van der Waals surface area contributed by atoms with Crippen LogP contribution in [0.2, 0.25) is 0 Å². The minimum absolute atomic E-state index is 0.0582. The third kappa shape index (κ3) is 3.18. The second kappa shape index (κ2) is 5.93. The summed E-state index contributed by atoms with van der Waals surface area (Å²) in [5.41, 5.74) is 2.44. The third-order valence-corrected chi connectivity index (χ3v) is 2.69. The molecular formula is C18H16N2. The Morgan fingerprint density at radius 2 is 1.20 bits per heavy atom. The molecule has 0 bridgehead atoms. The molecule has 0 atom stereocenters. The Morgan fingerprint density at radius 3 is 1.90 bits per heavy atom. The van der Waals surface area contributed by atoms with E-state index in [0.717, 1.165) is 11.4 Å². The topological polar surface area (TPSA) is 24.1 Å². The summed E-state index contributed by atoms with van der Waals surface area (Å²) < 4.78 is 39.0. The van der Waals surface area contributed by atoms with Gasteiger partial charge in [0, 0.05) is 22.7 Å². The van der Waals surface area contributed by atoms with Crippen molar-refractivity contribution in [2.24, 2.45) is 0 Å². The molecular weight excluding hydrogens is 244 g/mol. The molecule has 0 aromatic heterocycles. The van der Waals surface area contributed by atoms with Crippen LogP contribution in [0.4, 0.5) is 22.7 Å². The van der Waals surface area contributed by atoms with Gasteiger partial charge in [0.1, 0.15) is 0 Å². The summed E-state index contributed by atoms with van der Waals surface area (Å²) >= 11 is 0. The van der Waals surface area contributed by atoms with E-state index in [1.165, 1.54) is 0 Å². The molecule has 0 aliphatic rings. The van der Waals surface area contributed by atoms with Gasteiger partial charge in [0.25, 0.3) is 0 Å². The van der Waals surface area contributed by atoms with Crippen molar-refractivity contribution >= 4 is 22.7 Å². The van der Waals surface area contributed by atoms with Crippen LogP contribution in [0.25, 0.3) is 0 Å². The van der Waals surface area contributed by atoms with Gasteiger partial charge in [-0.05, 0) is 42.4 Å². The number of nitrogens with one attached hydrogen (secondary N) is 2. The highest BCUT2D eigenvalue weighted by Gasteiger charge is 1.97. The highest BCUT2D eigenvalue weighted by molar-refractivity contribution is 5.68. The molecule has 0 spiro atoms. The third-order valence-electron chi connectivity index (χ3n) is 2.69. The van der Waals surface area contributed by atoms with Gasteiger partial charge in [0.05, 0.1) is 6.85 Å². The summed E-state index contributed by atoms with van der Waals surface area (Å²) in [7, 11) is 0. The molecule has 0 aliphatic carbocycles. The van der Waals surface area contributed by atoms with Gasteiger partial charge >= 0.3 is 0 Å². The standard InChI is InChI=1S/C18H16N2/c1-3-8-15(9-4-1)19-17-12-7-13-18(14-17)20-16-10-5-2-6-11-16/h1-14,19-20H/i1D,3D,4D,8D,9D. The van der Waals surface area contributed by atoms with Crippen molar-refractivity contribution in [2.45, 2.75) is 0 Å². The van der Waals surface area contributed by atoms with Crippen LogP contribution in [0.3, 0.4) is 0 Å². The van der Waals surface area contributed by atoms with Gasteiger partial charge in [0.15, 0.2) is 0 Å². The lowest BCUT2D eigenvalue weighted by molar-refractivity contribution is 1.51. The van der Waals surface area contributed by atoms with Crippen molar-refractivity contribution in [1.29, 1.82) is 0 Å². The maximum Gasteiger partial charge on any atom is 0.0645 e. The average molecular weight is 265 g/mol. The van der Waals surface area contributed by atoms with E-state index in [-0.39, 0.29) is 29.9 Å². The zero-order valence-electron chi connectivity index (χ0n) is 15.7. The van der Waals surface area contributed by atoms with E-state index in [9.17, 15) is 0 Å². The van der Waals surface area contributed by atoms with Crippen molar-refractivity contribution < 1.29 is 6.85 Å². The molecule has 0 heterocycles. The Bertz CT molecular complexity index is 884. The van der Waals surface area contributed by atoms with Gasteiger partial charge in [-0.15, -0.1) is 0 Å². The highest BCUT2D eigenvalue weighted by Crippen LogP contribution is 2.22. The summed E-state index contributed by atoms with van der Waals surface area (Å²) in [6.07, 6.45) is 0. The molecule has 0 radical (unpaired) electrons. The minimum Gasteiger partial charge on any atom is -0.355 e. The van der Waals surface area contributed by atoms with Crippen LogP contribution in [0, 0.1) is 0 Å². The Hall–Kier alpha value is -2.74. The molecule has 20 heavy (non-hydrogen) atoms. The van der Waals surface area contributed by atoms with E-state index in [2.05, 4.69) is 10.6 Å². The summed E-state index contributed by atoms with van der Waals surface area (Å²) in [5, 5.41) is 6.19. The van der Waals surface area contributed by atoms with Crippen LogP contribution in [0.1, 0.15) is 6.85 Å². The molecule has 0 saturated heterocycles. The molecule has 2 nitrogen and oxygen atoms in total. The van der Waals surface area contributed by atoms with Crippen LogP contribution in [0.5, 0.6) is 0 Å². The van der Waals surface area contributed by atoms with Crippen molar-refractivity contribution in [3.8, 4) is 0 Å². The van der Waals surface area contributed by atoms with Crippen molar-refractivity contribution in [3.63, 3.8) is 0 Å². The monoisotopic (exact) mass is 265 g/mol. The second-order valence-electron chi connectivity index (χ2n) is 4.20. The van der Waals surface area contributed by atoms with Crippen LogP contribution >= 0.6 is 0 Å². The fraction of sp³-hybridized carbons (Fsp3) is 0. The Balaban J connectivity index is 1.91. The van der Waals surface area contributed by atoms with Crippen molar-refractivity contribution in [1.82, 2.24) is 0 Å². The number of anilines is 4. The molecule has 0 amide bonds. The van der Waals surface area contributed by atoms with Gasteiger partial charge in [-0.2, -0.15) is 0 Å². The SMILES string of the molecule is [2H]c1c([2H])c([2H])c(Nc2cccc(Nc3ccccc3)c2)c([2H])c1[2H]. The van der Waals surface area contributed by atoms with Gasteiger partial charge < -0.3 is 10.6 Å². The molecule has 0 saturated carbocycles. The predicted molar refractivity (Wildman–Crippen MR) is 85.9 cm³/mol. The van der Waals surface area contributed by atoms with E-state index in [4.69, 9.17) is 6.85 Å². The number of benzene rings is 3. The number of para-hydroxylation sites is 2. The molecule has 2 heteroatoms. The quantitative estimate of drug-likeness (QED) is 0.679. The van der Waals surface area contributed by atoms with E-state index < -0.39 is 6.04 Å². The lowest BCUT2D eigenvalue weighted by atomic mass is 10.2. The number of hydrogen-bond donors (Lipinski definition) is 2. The highest BCUT2D eigenvalue weighted by atomic mass is 14.9. The lowest BCUT2D eigenvalue weighted by Crippen LogP contribution is -1.93. The van der Waals surface area contributed by atoms with E-state index in [1.54, 1.807) is 6.07 Å². The van der Waals surface area contributed by atoms with Crippen LogP contribution in [-0.2, 0) is 0 Å². The molecule has 98 valence electrons. The molecule has 3 rings (SSSR count). The molecule has 3 aromatic rings. The average Bonchev–Trinajstić information content (AvgIpc) is 2.63. The molecule has 0 unspecified atom stereocenters. The Kier molecular flexibility index (Phi) is 2.30. The Labute approximate surface area is 126 Å². The first kappa shape index (κ1) is 7.75. The summed E-state index contributed by atoms with van der Waals surface area (Å²) in [4.78, 5) is 0. The predicted octanol–water partition coefficient (Wildman–Crippen LogP) is 5.17. The summed E-state index contributed by atoms with van der Waals surface area (Å²) in [6, 6.07) is 15.3. The van der Waals surface area contributed by atoms with Crippen LogP contribution < -0.4 is 10.6 Å². The van der Waals surface area contributed by atoms with E-state index in [0.29, 0.717) is 5.69 Å². The van der Waals surface area contributed by atoms with Gasteiger partial charge in [-0.25, -0.2) is 0 Å². The summed E-state index contributed by atoms with van der Waals surface area (Å²) in [6.45, 7) is 0. The molecule has 0 fully saturated rings. The fourth-order valence-electron chi connectivity index (χ4n) is 1.82. The van der Waals surface area contributed by atoms with Gasteiger partial charge in [-0.3, -0.25) is 0 Å². The van der Waals surface area contributed by atoms with Crippen LogP contribution in [0.15, 0.2) is 84.8 Å². The maximum absolute atomic E-state index is 7.97. The van der Waals surface area contributed by atoms with E-state index >= 15 is 0 Å². The smallest absolute Gasteiger partial charge is 0.0645 e. The Morgan fingerprint density at radius 1 is 0.600 bits per heavy atom. The van der Waals surface area contributed by atoms with Crippen molar-refractivity contribution in [2.75, 3.05) is 10.6 Å². The first-order valence-electron chi connectivity index (χ1n) is 8.73. The van der Waals surface area contributed by atoms with Gasteiger partial charge in [-0.1, -0.05) is 42.4 Å². The van der Waals surface area contributed by atoms with E-state index in [1.807, 2.05) is 48.5 Å². The van der Waals surface area contributed by atoms with Crippen molar-refractivity contribution in [3.05, 3.63) is 84.8 Å². The van der Waals surface area contributed by atoms with Crippen LogP contribution in [-0.4, -0.2) is 0 Å².